The molecule has 206 valence electrons. The van der Waals surface area contributed by atoms with Gasteiger partial charge >= 0.3 is 0 Å². The molecule has 38 heavy (non-hydrogen) atoms. The van der Waals surface area contributed by atoms with Crippen molar-refractivity contribution in [2.24, 2.45) is 11.8 Å². The van der Waals surface area contributed by atoms with E-state index in [0.29, 0.717) is 17.9 Å². The molecule has 0 radical (unpaired) electrons. The molecule has 1 aromatic carbocycles. The number of piperidine rings is 1. The van der Waals surface area contributed by atoms with Crippen LogP contribution in [0.25, 0.3) is 0 Å². The Kier molecular flexibility index (Phi) is 6.77. The van der Waals surface area contributed by atoms with Crippen LogP contribution >= 0.6 is 0 Å². The first-order valence-corrected chi connectivity index (χ1v) is 12.9. The van der Waals surface area contributed by atoms with Crippen LogP contribution in [0.2, 0.25) is 0 Å². The third-order valence-electron chi connectivity index (χ3n) is 8.33. The second-order valence-corrected chi connectivity index (χ2v) is 11.0. The number of halogens is 5. The van der Waals surface area contributed by atoms with Gasteiger partial charge < -0.3 is 20.1 Å². The van der Waals surface area contributed by atoms with E-state index in [1.165, 1.54) is 25.1 Å². The molecule has 0 spiro atoms. The maximum atomic E-state index is 14.7. The molecule has 11 heteroatoms. The van der Waals surface area contributed by atoms with Crippen molar-refractivity contribution in [3.05, 3.63) is 63.3 Å². The number of anilines is 1. The van der Waals surface area contributed by atoms with Crippen molar-refractivity contribution >= 4 is 11.6 Å². The molecule has 2 aromatic rings. The highest BCUT2D eigenvalue weighted by atomic mass is 19.3. The molecule has 6 nitrogen and oxygen atoms in total. The lowest BCUT2D eigenvalue weighted by Crippen LogP contribution is -2.38. The summed E-state index contributed by atoms with van der Waals surface area (Å²) >= 11 is 0. The first-order valence-electron chi connectivity index (χ1n) is 12.9. The molecule has 3 fully saturated rings. The lowest BCUT2D eigenvalue weighted by molar-refractivity contribution is 0.0648. The minimum atomic E-state index is -3.02. The highest BCUT2D eigenvalue weighted by molar-refractivity contribution is 5.99. The number of pyridine rings is 1. The van der Waals surface area contributed by atoms with Crippen LogP contribution in [0.1, 0.15) is 67.6 Å². The summed E-state index contributed by atoms with van der Waals surface area (Å²) in [6.07, 6.45) is -4.44. The molecule has 3 aliphatic rings. The van der Waals surface area contributed by atoms with E-state index in [2.05, 4.69) is 29.4 Å². The number of likely N-dealkylation sites (tertiary alicyclic amines) is 1. The van der Waals surface area contributed by atoms with Gasteiger partial charge in [-0.2, -0.15) is 0 Å². The number of carbonyl (C=O) groups excluding carboxylic acids is 1. The van der Waals surface area contributed by atoms with Gasteiger partial charge in [0.1, 0.15) is 11.4 Å². The van der Waals surface area contributed by atoms with Gasteiger partial charge in [-0.15, -0.1) is 0 Å². The van der Waals surface area contributed by atoms with Crippen molar-refractivity contribution in [2.75, 3.05) is 18.4 Å². The van der Waals surface area contributed by atoms with E-state index in [0.717, 1.165) is 29.9 Å². The topological polar surface area (TPSA) is 66.4 Å². The van der Waals surface area contributed by atoms with Crippen molar-refractivity contribution in [1.82, 2.24) is 14.8 Å². The molecule has 1 unspecified atom stereocenters. The monoisotopic (exact) mass is 538 g/mol. The number of benzene rings is 1. The van der Waals surface area contributed by atoms with Crippen LogP contribution in [0.4, 0.5) is 27.6 Å². The number of rotatable bonds is 9. The molecule has 1 aliphatic heterocycles. The Balaban J connectivity index is 1.43. The summed E-state index contributed by atoms with van der Waals surface area (Å²) in [5.74, 6) is -1.16. The lowest BCUT2D eigenvalue weighted by atomic mass is 10.0. The van der Waals surface area contributed by atoms with Gasteiger partial charge in [-0.1, -0.05) is 18.2 Å². The van der Waals surface area contributed by atoms with Gasteiger partial charge in [0.25, 0.3) is 24.3 Å². The first-order chi connectivity index (χ1) is 17.9. The normalized spacial score (nSPS) is 24.6. The predicted molar refractivity (Wildman–Crippen MR) is 132 cm³/mol. The van der Waals surface area contributed by atoms with E-state index in [-0.39, 0.29) is 35.7 Å². The van der Waals surface area contributed by atoms with Crippen LogP contribution < -0.4 is 16.2 Å². The summed E-state index contributed by atoms with van der Waals surface area (Å²) in [6.45, 7) is 7.44. The average Bonchev–Trinajstić information content (AvgIpc) is 3.73. The number of aromatic nitrogens is 1. The maximum Gasteiger partial charge on any atom is 0.266 e. The minimum absolute atomic E-state index is 0.0283. The van der Waals surface area contributed by atoms with Gasteiger partial charge in [0.2, 0.25) is 0 Å². The number of hydrogen-bond acceptors (Lipinski definition) is 4. The largest absolute Gasteiger partial charge is 0.381 e. The zero-order valence-electron chi connectivity index (χ0n) is 21.4. The average molecular weight is 539 g/mol. The van der Waals surface area contributed by atoms with Crippen LogP contribution in [0.5, 0.6) is 0 Å². The standard InChI is InChI=1S/C27H31F5N4O2/c1-13(2)35-10-17-18(11-35)23(17)34-20-9-21(37)36(27(7-8-27)26(31)32)12-19(20)25(38)33-14(3)15-5-4-6-16(22(15)28)24(29)30/h4-6,9,12-14,17-18,23-24,26,34H,7-8,10-11H2,1-3H3,(H,33,38)/t14-,17-,18+,23?/m1/s1. The van der Waals surface area contributed by atoms with Crippen molar-refractivity contribution < 1.29 is 26.7 Å². The van der Waals surface area contributed by atoms with Crippen molar-refractivity contribution in [2.45, 2.75) is 70.1 Å². The molecule has 4 atom stereocenters. The van der Waals surface area contributed by atoms with E-state index in [4.69, 9.17) is 0 Å². The zero-order chi connectivity index (χ0) is 27.5. The van der Waals surface area contributed by atoms with Crippen LogP contribution in [0, 0.1) is 17.7 Å². The van der Waals surface area contributed by atoms with Gasteiger partial charge in [-0.25, -0.2) is 22.0 Å². The van der Waals surface area contributed by atoms with Crippen LogP contribution in [-0.4, -0.2) is 47.0 Å². The fourth-order valence-corrected chi connectivity index (χ4v) is 5.67. The molecular formula is C27H31F5N4O2. The number of carbonyl (C=O) groups is 1. The number of hydrogen-bond donors (Lipinski definition) is 2. The predicted octanol–water partition coefficient (Wildman–Crippen LogP) is 4.92. The number of alkyl halides is 4. The van der Waals surface area contributed by atoms with Crippen molar-refractivity contribution in [1.29, 1.82) is 0 Å². The first kappa shape index (κ1) is 26.6. The summed E-state index contributed by atoms with van der Waals surface area (Å²) in [4.78, 5) is 28.7. The van der Waals surface area contributed by atoms with Gasteiger partial charge in [0.15, 0.2) is 0 Å². The second-order valence-electron chi connectivity index (χ2n) is 11.0. The molecular weight excluding hydrogens is 507 g/mol. The molecule has 2 N–H and O–H groups in total. The van der Waals surface area contributed by atoms with E-state index in [1.54, 1.807) is 0 Å². The molecule has 1 saturated heterocycles. The Hall–Kier alpha value is -2.95. The number of amides is 1. The van der Waals surface area contributed by atoms with Crippen molar-refractivity contribution in [3.63, 3.8) is 0 Å². The molecule has 1 aromatic heterocycles. The van der Waals surface area contributed by atoms with E-state index in [9.17, 15) is 31.5 Å². The summed E-state index contributed by atoms with van der Waals surface area (Å²) in [6, 6.07) is 4.17. The van der Waals surface area contributed by atoms with E-state index in [1.807, 2.05) is 0 Å². The highest BCUT2D eigenvalue weighted by Gasteiger charge is 2.57. The van der Waals surface area contributed by atoms with Crippen LogP contribution in [-0.2, 0) is 5.54 Å². The van der Waals surface area contributed by atoms with E-state index < -0.39 is 47.3 Å². The third-order valence-corrected chi connectivity index (χ3v) is 8.33. The summed E-state index contributed by atoms with van der Waals surface area (Å²) in [5, 5.41) is 5.88. The Morgan fingerprint density at radius 1 is 1.05 bits per heavy atom. The van der Waals surface area contributed by atoms with Gasteiger partial charge in [-0.05, 0) is 45.4 Å². The van der Waals surface area contributed by atoms with Gasteiger partial charge in [0.05, 0.1) is 22.9 Å². The Labute approximate surface area is 217 Å². The SMILES string of the molecule is CC(C)N1C[C@@H]2C(Nc3cc(=O)n(C4(C(F)F)CC4)cc3C(=O)N[C@H](C)c3cccc(C(F)F)c3F)[C@@H]2C1. The molecule has 5 rings (SSSR count). The quantitative estimate of drug-likeness (QED) is 0.445. The third kappa shape index (κ3) is 4.58. The molecule has 1 amide bonds. The fraction of sp³-hybridized carbons (Fsp3) is 0.556. The summed E-state index contributed by atoms with van der Waals surface area (Å²) in [7, 11) is 0. The summed E-state index contributed by atoms with van der Waals surface area (Å²) in [5.41, 5.74) is -3.00. The Morgan fingerprint density at radius 3 is 2.24 bits per heavy atom. The van der Waals surface area contributed by atoms with Crippen LogP contribution in [0.15, 0.2) is 35.3 Å². The molecule has 2 saturated carbocycles. The highest BCUT2D eigenvalue weighted by Crippen LogP contribution is 2.49. The number of nitrogens with one attached hydrogen (secondary N) is 2. The zero-order valence-corrected chi connectivity index (χ0v) is 21.4. The fourth-order valence-electron chi connectivity index (χ4n) is 5.67. The summed E-state index contributed by atoms with van der Waals surface area (Å²) < 4.78 is 69.7. The second kappa shape index (κ2) is 9.66. The molecule has 2 aliphatic carbocycles. The van der Waals surface area contributed by atoms with Gasteiger partial charge in [0, 0.05) is 43.0 Å². The molecule has 0 bridgehead atoms. The number of fused-ring (bicyclic) bond motifs is 1. The van der Waals surface area contributed by atoms with Crippen molar-refractivity contribution in [3.8, 4) is 0 Å². The molecule has 2 heterocycles. The number of nitrogens with zero attached hydrogens (tertiary/aromatic N) is 2. The Morgan fingerprint density at radius 2 is 1.68 bits per heavy atom. The maximum absolute atomic E-state index is 14.7. The van der Waals surface area contributed by atoms with Crippen LogP contribution in [0.3, 0.4) is 0 Å². The smallest absolute Gasteiger partial charge is 0.266 e. The van der Waals surface area contributed by atoms with E-state index >= 15 is 0 Å². The lowest BCUT2D eigenvalue weighted by Gasteiger charge is -2.25. The van der Waals surface area contributed by atoms with Gasteiger partial charge in [-0.3, -0.25) is 9.59 Å². The minimum Gasteiger partial charge on any atom is -0.381 e. The Bertz CT molecular complexity index is 1280.